The molecule has 0 spiro atoms. The van der Waals surface area contributed by atoms with Crippen molar-refractivity contribution in [3.8, 4) is 5.75 Å². The third-order valence-corrected chi connectivity index (χ3v) is 2.31. The maximum absolute atomic E-state index is 11.7. The highest BCUT2D eigenvalue weighted by molar-refractivity contribution is 6.07. The molecular weight excluding hydrogens is 224 g/mol. The summed E-state index contributed by atoms with van der Waals surface area (Å²) in [4.78, 5) is 24.9. The first-order valence-electron chi connectivity index (χ1n) is 4.88. The van der Waals surface area contributed by atoms with Crippen LogP contribution in [0.15, 0.2) is 24.4 Å². The summed E-state index contributed by atoms with van der Waals surface area (Å²) in [5.74, 6) is -1.56. The van der Waals surface area contributed by atoms with Gasteiger partial charge in [0.15, 0.2) is 0 Å². The Hall–Kier alpha value is -2.50. The van der Waals surface area contributed by atoms with Crippen LogP contribution < -0.4 is 5.32 Å². The molecule has 0 saturated carbocycles. The topological polar surface area (TPSA) is 102 Å². The summed E-state index contributed by atoms with van der Waals surface area (Å²) in [5, 5.41) is 20.6. The van der Waals surface area contributed by atoms with E-state index >= 15 is 0 Å². The third kappa shape index (κ3) is 2.20. The first kappa shape index (κ1) is 11.0. The monoisotopic (exact) mass is 234 g/mol. The molecule has 0 bridgehead atoms. The minimum absolute atomic E-state index is 0.0457. The summed E-state index contributed by atoms with van der Waals surface area (Å²) in [5.41, 5.74) is 1.00. The van der Waals surface area contributed by atoms with Crippen LogP contribution >= 0.6 is 0 Å². The second kappa shape index (κ2) is 4.17. The fourth-order valence-corrected chi connectivity index (χ4v) is 1.55. The Balaban J connectivity index is 2.32. The summed E-state index contributed by atoms with van der Waals surface area (Å²) in [6.45, 7) is -0.440. The van der Waals surface area contributed by atoms with Crippen LogP contribution in [-0.2, 0) is 4.79 Å². The van der Waals surface area contributed by atoms with Crippen LogP contribution in [0.3, 0.4) is 0 Å². The number of hydrogen-bond donors (Lipinski definition) is 4. The highest BCUT2D eigenvalue weighted by Crippen LogP contribution is 2.22. The SMILES string of the molecule is O=C(O)CNC(=O)c1c[nH]c2ccc(O)cc12. The van der Waals surface area contributed by atoms with E-state index in [1.165, 1.54) is 18.3 Å². The van der Waals surface area contributed by atoms with Gasteiger partial charge in [-0.15, -0.1) is 0 Å². The number of rotatable bonds is 3. The molecule has 1 aromatic heterocycles. The average Bonchev–Trinajstić information content (AvgIpc) is 2.68. The molecule has 1 aromatic carbocycles. The van der Waals surface area contributed by atoms with E-state index in [1.54, 1.807) is 6.07 Å². The number of H-pyrrole nitrogens is 1. The van der Waals surface area contributed by atoms with Crippen LogP contribution in [0.25, 0.3) is 10.9 Å². The van der Waals surface area contributed by atoms with Crippen molar-refractivity contribution in [3.05, 3.63) is 30.0 Å². The van der Waals surface area contributed by atoms with E-state index in [0.29, 0.717) is 16.5 Å². The molecule has 1 heterocycles. The predicted molar refractivity (Wildman–Crippen MR) is 59.9 cm³/mol. The van der Waals surface area contributed by atoms with Crippen molar-refractivity contribution in [3.63, 3.8) is 0 Å². The summed E-state index contributed by atoms with van der Waals surface area (Å²) < 4.78 is 0. The number of phenols is 1. The Labute approximate surface area is 95.9 Å². The minimum Gasteiger partial charge on any atom is -0.508 e. The molecule has 0 aliphatic carbocycles. The van der Waals surface area contributed by atoms with Gasteiger partial charge in [0.2, 0.25) is 0 Å². The Kier molecular flexibility index (Phi) is 2.70. The molecule has 4 N–H and O–H groups in total. The number of phenolic OH excluding ortho intramolecular Hbond substituents is 1. The molecule has 0 radical (unpaired) electrons. The Bertz CT molecular complexity index is 588. The second-order valence-corrected chi connectivity index (χ2v) is 3.51. The van der Waals surface area contributed by atoms with Crippen LogP contribution in [0.5, 0.6) is 5.75 Å². The van der Waals surface area contributed by atoms with E-state index in [0.717, 1.165) is 0 Å². The quantitative estimate of drug-likeness (QED) is 0.627. The highest BCUT2D eigenvalue weighted by Gasteiger charge is 2.12. The fraction of sp³-hybridized carbons (Fsp3) is 0.0909. The van der Waals surface area contributed by atoms with Crippen molar-refractivity contribution in [2.75, 3.05) is 6.54 Å². The van der Waals surface area contributed by atoms with Gasteiger partial charge in [-0.3, -0.25) is 9.59 Å². The van der Waals surface area contributed by atoms with Crippen molar-refractivity contribution in [1.82, 2.24) is 10.3 Å². The first-order valence-corrected chi connectivity index (χ1v) is 4.88. The minimum atomic E-state index is -1.11. The number of nitrogens with one attached hydrogen (secondary N) is 2. The molecule has 2 aromatic rings. The number of carbonyl (C=O) groups is 2. The Morgan fingerprint density at radius 2 is 2.12 bits per heavy atom. The van der Waals surface area contributed by atoms with Gasteiger partial charge in [0.05, 0.1) is 5.56 Å². The molecule has 1 amide bonds. The normalized spacial score (nSPS) is 10.4. The molecule has 0 aliphatic rings. The molecule has 6 nitrogen and oxygen atoms in total. The number of hydrogen-bond acceptors (Lipinski definition) is 3. The highest BCUT2D eigenvalue weighted by atomic mass is 16.4. The van der Waals surface area contributed by atoms with Crippen LogP contribution in [0.4, 0.5) is 0 Å². The number of amides is 1. The zero-order valence-corrected chi connectivity index (χ0v) is 8.73. The van der Waals surface area contributed by atoms with Gasteiger partial charge in [0, 0.05) is 17.1 Å². The number of aromatic hydroxyl groups is 1. The van der Waals surface area contributed by atoms with Gasteiger partial charge < -0.3 is 20.5 Å². The molecule has 88 valence electrons. The number of aromatic nitrogens is 1. The zero-order valence-electron chi connectivity index (χ0n) is 8.73. The number of aromatic amines is 1. The molecule has 0 unspecified atom stereocenters. The number of carbonyl (C=O) groups excluding carboxylic acids is 1. The maximum atomic E-state index is 11.7. The summed E-state index contributed by atoms with van der Waals surface area (Å²) >= 11 is 0. The van der Waals surface area contributed by atoms with Gasteiger partial charge in [-0.2, -0.15) is 0 Å². The van der Waals surface area contributed by atoms with Gasteiger partial charge in [0.25, 0.3) is 5.91 Å². The molecule has 0 atom stereocenters. The van der Waals surface area contributed by atoms with Gasteiger partial charge in [-0.25, -0.2) is 0 Å². The Morgan fingerprint density at radius 1 is 1.35 bits per heavy atom. The third-order valence-electron chi connectivity index (χ3n) is 2.31. The van der Waals surface area contributed by atoms with Gasteiger partial charge in [-0.05, 0) is 18.2 Å². The standard InChI is InChI=1S/C11H10N2O4/c14-6-1-2-9-7(3-6)8(4-12-9)11(17)13-5-10(15)16/h1-4,12,14H,5H2,(H,13,17)(H,15,16). The molecule has 0 aliphatic heterocycles. The molecule has 6 heteroatoms. The zero-order chi connectivity index (χ0) is 12.4. The largest absolute Gasteiger partial charge is 0.508 e. The van der Waals surface area contributed by atoms with Crippen molar-refractivity contribution < 1.29 is 19.8 Å². The van der Waals surface area contributed by atoms with E-state index in [9.17, 15) is 14.7 Å². The molecule has 17 heavy (non-hydrogen) atoms. The summed E-state index contributed by atoms with van der Waals surface area (Å²) in [6.07, 6.45) is 1.47. The molecule has 2 rings (SSSR count). The lowest BCUT2D eigenvalue weighted by Gasteiger charge is -2.00. The van der Waals surface area contributed by atoms with Crippen molar-refractivity contribution in [2.24, 2.45) is 0 Å². The lowest BCUT2D eigenvalue weighted by molar-refractivity contribution is -0.135. The number of carboxylic acid groups (broad SMARTS) is 1. The van der Waals surface area contributed by atoms with E-state index in [-0.39, 0.29) is 5.75 Å². The van der Waals surface area contributed by atoms with Crippen molar-refractivity contribution in [1.29, 1.82) is 0 Å². The van der Waals surface area contributed by atoms with E-state index in [1.807, 2.05) is 0 Å². The lowest BCUT2D eigenvalue weighted by Crippen LogP contribution is -2.29. The maximum Gasteiger partial charge on any atom is 0.322 e. The van der Waals surface area contributed by atoms with Crippen LogP contribution in [-0.4, -0.2) is 33.6 Å². The second-order valence-electron chi connectivity index (χ2n) is 3.51. The van der Waals surface area contributed by atoms with E-state index < -0.39 is 18.4 Å². The van der Waals surface area contributed by atoms with Gasteiger partial charge >= 0.3 is 5.97 Å². The number of fused-ring (bicyclic) bond motifs is 1. The van der Waals surface area contributed by atoms with Crippen LogP contribution in [0, 0.1) is 0 Å². The average molecular weight is 234 g/mol. The van der Waals surface area contributed by atoms with Crippen molar-refractivity contribution in [2.45, 2.75) is 0 Å². The number of benzene rings is 1. The van der Waals surface area contributed by atoms with Crippen molar-refractivity contribution >= 4 is 22.8 Å². The summed E-state index contributed by atoms with van der Waals surface area (Å²) in [6, 6.07) is 4.58. The van der Waals surface area contributed by atoms with Crippen LogP contribution in [0.2, 0.25) is 0 Å². The van der Waals surface area contributed by atoms with Gasteiger partial charge in [0.1, 0.15) is 12.3 Å². The lowest BCUT2D eigenvalue weighted by atomic mass is 10.1. The Morgan fingerprint density at radius 3 is 2.82 bits per heavy atom. The molecule has 0 saturated heterocycles. The smallest absolute Gasteiger partial charge is 0.322 e. The fourth-order valence-electron chi connectivity index (χ4n) is 1.55. The van der Waals surface area contributed by atoms with Gasteiger partial charge in [-0.1, -0.05) is 0 Å². The predicted octanol–water partition coefficient (Wildman–Crippen LogP) is 0.688. The number of carboxylic acids is 1. The van der Waals surface area contributed by atoms with E-state index in [2.05, 4.69) is 10.3 Å². The summed E-state index contributed by atoms with van der Waals surface area (Å²) in [7, 11) is 0. The number of aliphatic carboxylic acids is 1. The van der Waals surface area contributed by atoms with E-state index in [4.69, 9.17) is 5.11 Å². The van der Waals surface area contributed by atoms with Crippen LogP contribution in [0.1, 0.15) is 10.4 Å². The molecular formula is C11H10N2O4. The molecule has 0 fully saturated rings. The first-order chi connectivity index (χ1) is 8.08.